The summed E-state index contributed by atoms with van der Waals surface area (Å²) in [7, 11) is 1.48. The number of pyridine rings is 1. The van der Waals surface area contributed by atoms with Crippen LogP contribution in [-0.2, 0) is 0 Å². The molecular weight excluding hydrogens is 488 g/mol. The van der Waals surface area contributed by atoms with Crippen molar-refractivity contribution in [3.63, 3.8) is 0 Å². The van der Waals surface area contributed by atoms with Gasteiger partial charge in [-0.2, -0.15) is 17.6 Å². The summed E-state index contributed by atoms with van der Waals surface area (Å²) < 4.78 is 66.9. The van der Waals surface area contributed by atoms with Crippen LogP contribution in [0.25, 0.3) is 0 Å². The van der Waals surface area contributed by atoms with Crippen molar-refractivity contribution in [2.75, 3.05) is 19.0 Å². The van der Waals surface area contributed by atoms with Gasteiger partial charge in [-0.25, -0.2) is 4.79 Å². The molecule has 0 bridgehead atoms. The summed E-state index contributed by atoms with van der Waals surface area (Å²) in [6.07, 6.45) is -2.78. The van der Waals surface area contributed by atoms with Crippen LogP contribution in [0.2, 0.25) is 0 Å². The fourth-order valence-corrected chi connectivity index (χ4v) is 2.89. The number of urea groups is 1. The maximum atomic E-state index is 13.4. The lowest BCUT2D eigenvalue weighted by Crippen LogP contribution is -2.52. The van der Waals surface area contributed by atoms with Gasteiger partial charge in [-0.1, -0.05) is 13.0 Å². The number of carbonyl (C=O) groups is 2. The van der Waals surface area contributed by atoms with Gasteiger partial charge in [0.05, 0.1) is 0 Å². The van der Waals surface area contributed by atoms with E-state index in [9.17, 15) is 27.2 Å². The second kappa shape index (κ2) is 11.0. The molecule has 3 amide bonds. The van der Waals surface area contributed by atoms with Crippen molar-refractivity contribution in [1.82, 2.24) is 15.6 Å². The number of nitrogens with one attached hydrogen (secondary N) is 3. The molecule has 36 heavy (non-hydrogen) atoms. The number of halogens is 4. The van der Waals surface area contributed by atoms with Gasteiger partial charge in [0.25, 0.3) is 5.91 Å². The number of ether oxygens (including phenoxy) is 3. The first-order chi connectivity index (χ1) is 17.0. The van der Waals surface area contributed by atoms with Crippen LogP contribution < -0.4 is 30.2 Å². The Morgan fingerprint density at radius 1 is 1.08 bits per heavy atom. The molecule has 0 fully saturated rings. The van der Waals surface area contributed by atoms with E-state index in [0.717, 1.165) is 12.1 Å². The maximum Gasteiger partial charge on any atom is 0.507 e. The molecular formula is C23H22F4N4O5. The quantitative estimate of drug-likeness (QED) is 0.358. The van der Waals surface area contributed by atoms with Crippen LogP contribution in [0.5, 0.6) is 17.2 Å². The minimum absolute atomic E-state index is 0.00337. The minimum atomic E-state index is -4.87. The van der Waals surface area contributed by atoms with E-state index in [0.29, 0.717) is 17.9 Å². The van der Waals surface area contributed by atoms with Gasteiger partial charge in [-0.05, 0) is 36.8 Å². The average Bonchev–Trinajstić information content (AvgIpc) is 2.82. The summed E-state index contributed by atoms with van der Waals surface area (Å²) in [6.45, 7) is 1.96. The Morgan fingerprint density at radius 3 is 2.50 bits per heavy atom. The lowest BCUT2D eigenvalue weighted by molar-refractivity contribution is -0.391. The van der Waals surface area contributed by atoms with Crippen LogP contribution in [-0.4, -0.2) is 42.8 Å². The Kier molecular flexibility index (Phi) is 8.02. The van der Waals surface area contributed by atoms with Gasteiger partial charge in [-0.3, -0.25) is 9.78 Å². The summed E-state index contributed by atoms with van der Waals surface area (Å²) in [4.78, 5) is 27.9. The summed E-state index contributed by atoms with van der Waals surface area (Å²) in [5.74, 6) is -1.19. The van der Waals surface area contributed by atoms with Crippen LogP contribution in [0, 0.1) is 0 Å². The minimum Gasteiger partial charge on any atom is -0.489 e. The molecule has 1 aromatic heterocycles. The molecule has 3 rings (SSSR count). The van der Waals surface area contributed by atoms with Crippen LogP contribution in [0.3, 0.4) is 0 Å². The fraction of sp³-hybridized carbons (Fsp3) is 0.261. The molecule has 0 spiro atoms. The molecule has 0 saturated heterocycles. The van der Waals surface area contributed by atoms with Crippen molar-refractivity contribution >= 4 is 17.6 Å². The predicted octanol–water partition coefficient (Wildman–Crippen LogP) is 4.45. The van der Waals surface area contributed by atoms with Crippen molar-refractivity contribution in [3.8, 4) is 17.2 Å². The second-order valence-electron chi connectivity index (χ2n) is 7.22. The molecule has 2 heterocycles. The zero-order valence-corrected chi connectivity index (χ0v) is 19.1. The van der Waals surface area contributed by atoms with Gasteiger partial charge in [0.2, 0.25) is 0 Å². The number of carbonyl (C=O) groups excluding carboxylic acids is 2. The number of aromatic nitrogens is 1. The van der Waals surface area contributed by atoms with Gasteiger partial charge in [0.1, 0.15) is 18.1 Å². The normalized spacial score (nSPS) is 15.8. The van der Waals surface area contributed by atoms with E-state index in [-0.39, 0.29) is 23.9 Å². The largest absolute Gasteiger partial charge is 0.507 e. The standard InChI is InChI=1S/C23H22F4N4O5/c1-3-5-14(6-4-11-34-16-9-10-29-17(13-16)20(32)28-2)30-21(33)31-15-7-8-18-19(12-15)36-23(26,27)22(24,25)35-18/h4-10,12-13H,3,11H2,1-2H3,(H,28,32)(H2,30,31,33)/b6-4-,14-5+. The number of anilines is 1. The van der Waals surface area contributed by atoms with Crippen LogP contribution in [0.15, 0.2) is 60.5 Å². The van der Waals surface area contributed by atoms with E-state index in [1.54, 1.807) is 24.3 Å². The smallest absolute Gasteiger partial charge is 0.489 e. The van der Waals surface area contributed by atoms with Crippen molar-refractivity contribution in [2.45, 2.75) is 25.6 Å². The predicted molar refractivity (Wildman–Crippen MR) is 120 cm³/mol. The summed E-state index contributed by atoms with van der Waals surface area (Å²) in [5, 5.41) is 7.43. The number of alkyl halides is 4. The summed E-state index contributed by atoms with van der Waals surface area (Å²) in [6, 6.07) is 5.44. The molecule has 0 unspecified atom stereocenters. The first-order valence-electron chi connectivity index (χ1n) is 10.6. The monoisotopic (exact) mass is 510 g/mol. The van der Waals surface area contributed by atoms with Gasteiger partial charge in [0, 0.05) is 36.8 Å². The maximum absolute atomic E-state index is 13.4. The highest BCUT2D eigenvalue weighted by molar-refractivity contribution is 5.92. The van der Waals surface area contributed by atoms with Gasteiger partial charge in [-0.15, -0.1) is 0 Å². The van der Waals surface area contributed by atoms with E-state index in [2.05, 4.69) is 30.4 Å². The number of hydrogen-bond acceptors (Lipinski definition) is 6. The Labute approximate surface area is 203 Å². The zero-order chi connectivity index (χ0) is 26.3. The second-order valence-corrected chi connectivity index (χ2v) is 7.22. The molecule has 1 aromatic carbocycles. The van der Waals surface area contributed by atoms with E-state index in [1.807, 2.05) is 6.92 Å². The highest BCUT2D eigenvalue weighted by Crippen LogP contribution is 2.47. The van der Waals surface area contributed by atoms with E-state index in [1.165, 1.54) is 25.4 Å². The highest BCUT2D eigenvalue weighted by Gasteiger charge is 2.65. The average molecular weight is 510 g/mol. The molecule has 13 heteroatoms. The molecule has 1 aliphatic rings. The summed E-state index contributed by atoms with van der Waals surface area (Å²) >= 11 is 0. The third-order valence-electron chi connectivity index (χ3n) is 4.53. The summed E-state index contributed by atoms with van der Waals surface area (Å²) in [5.41, 5.74) is 0.604. The Hall–Kier alpha value is -4.29. The third kappa shape index (κ3) is 6.43. The molecule has 3 N–H and O–H groups in total. The number of hydrogen-bond donors (Lipinski definition) is 3. The van der Waals surface area contributed by atoms with Crippen molar-refractivity contribution in [3.05, 3.63) is 66.1 Å². The molecule has 1 aliphatic heterocycles. The molecule has 0 aliphatic carbocycles. The number of rotatable bonds is 8. The van der Waals surface area contributed by atoms with Crippen LogP contribution >= 0.6 is 0 Å². The van der Waals surface area contributed by atoms with Gasteiger partial charge < -0.3 is 30.2 Å². The van der Waals surface area contributed by atoms with Crippen molar-refractivity contribution in [1.29, 1.82) is 0 Å². The first kappa shape index (κ1) is 26.3. The lowest BCUT2D eigenvalue weighted by Gasteiger charge is -2.31. The number of amides is 3. The Balaban J connectivity index is 1.57. The number of allylic oxidation sites excluding steroid dienone is 2. The fourth-order valence-electron chi connectivity index (χ4n) is 2.89. The molecule has 192 valence electrons. The topological polar surface area (TPSA) is 111 Å². The highest BCUT2D eigenvalue weighted by atomic mass is 19.3. The number of fused-ring (bicyclic) bond motifs is 1. The molecule has 0 saturated carbocycles. The van der Waals surface area contributed by atoms with Crippen LogP contribution in [0.1, 0.15) is 23.8 Å². The van der Waals surface area contributed by atoms with E-state index in [4.69, 9.17) is 4.74 Å². The SMILES string of the molecule is CC/C=C(\C=C/COc1ccnc(C(=O)NC)c1)NC(=O)Nc1ccc2c(c1)OC(F)(F)C(F)(F)O2. The van der Waals surface area contributed by atoms with E-state index >= 15 is 0 Å². The van der Waals surface area contributed by atoms with Gasteiger partial charge in [0.15, 0.2) is 11.5 Å². The van der Waals surface area contributed by atoms with E-state index < -0.39 is 29.7 Å². The van der Waals surface area contributed by atoms with Gasteiger partial charge >= 0.3 is 18.2 Å². The Morgan fingerprint density at radius 2 is 1.81 bits per heavy atom. The van der Waals surface area contributed by atoms with Crippen molar-refractivity contribution < 1.29 is 41.4 Å². The number of nitrogens with zero attached hydrogens (tertiary/aromatic N) is 1. The Bertz CT molecular complexity index is 1190. The lowest BCUT2D eigenvalue weighted by atomic mass is 10.2. The zero-order valence-electron chi connectivity index (χ0n) is 19.1. The molecule has 2 aromatic rings. The molecule has 0 radical (unpaired) electrons. The molecule has 9 nitrogen and oxygen atoms in total. The number of benzene rings is 1. The van der Waals surface area contributed by atoms with Crippen molar-refractivity contribution in [2.24, 2.45) is 0 Å². The molecule has 0 atom stereocenters. The third-order valence-corrected chi connectivity index (χ3v) is 4.53. The first-order valence-corrected chi connectivity index (χ1v) is 10.6. The van der Waals surface area contributed by atoms with Crippen LogP contribution in [0.4, 0.5) is 28.0 Å².